The minimum atomic E-state index is -0.631. The van der Waals surface area contributed by atoms with Gasteiger partial charge in [0.05, 0.1) is 25.0 Å². The monoisotopic (exact) mass is 484 g/mol. The number of hydrogen-bond donors (Lipinski definition) is 1. The summed E-state index contributed by atoms with van der Waals surface area (Å²) in [6.07, 6.45) is 8.21. The van der Waals surface area contributed by atoms with Gasteiger partial charge < -0.3 is 14.4 Å². The Morgan fingerprint density at radius 2 is 1.61 bits per heavy atom. The number of nitrogens with zero attached hydrogens (tertiary/aromatic N) is 5. The van der Waals surface area contributed by atoms with Crippen molar-refractivity contribution in [3.63, 3.8) is 0 Å². The maximum absolute atomic E-state index is 12.4. The second kappa shape index (κ2) is 10.8. The number of nitrogens with one attached hydrogen (secondary N) is 1. The number of ether oxygens (including phenoxy) is 2. The fourth-order valence-corrected chi connectivity index (χ4v) is 3.65. The van der Waals surface area contributed by atoms with E-state index in [1.54, 1.807) is 58.6 Å². The first-order valence-electron chi connectivity index (χ1n) is 11.4. The van der Waals surface area contributed by atoms with Crippen molar-refractivity contribution in [3.8, 4) is 5.88 Å². The van der Waals surface area contributed by atoms with Crippen molar-refractivity contribution < 1.29 is 14.3 Å². The van der Waals surface area contributed by atoms with Gasteiger partial charge in [0.15, 0.2) is 0 Å². The van der Waals surface area contributed by atoms with Gasteiger partial charge in [0, 0.05) is 30.9 Å². The van der Waals surface area contributed by atoms with Crippen molar-refractivity contribution in [2.45, 2.75) is 32.4 Å². The van der Waals surface area contributed by atoms with E-state index >= 15 is 0 Å². The highest BCUT2D eigenvalue weighted by molar-refractivity contribution is 5.84. The zero-order chi connectivity index (χ0) is 25.5. The Kier molecular flexibility index (Phi) is 7.39. The lowest BCUT2D eigenvalue weighted by Gasteiger charge is -2.33. The van der Waals surface area contributed by atoms with Gasteiger partial charge in [0.25, 0.3) is 0 Å². The molecule has 4 rings (SSSR count). The predicted octanol–water partition coefficient (Wildman–Crippen LogP) is 5.55. The van der Waals surface area contributed by atoms with Crippen LogP contribution >= 0.6 is 0 Å². The van der Waals surface area contributed by atoms with E-state index in [1.165, 1.54) is 0 Å². The molecule has 0 spiro atoms. The van der Waals surface area contributed by atoms with E-state index in [4.69, 9.17) is 14.5 Å². The van der Waals surface area contributed by atoms with Gasteiger partial charge in [-0.25, -0.2) is 14.8 Å². The summed E-state index contributed by atoms with van der Waals surface area (Å²) in [7, 11) is 1.57. The molecule has 9 nitrogen and oxygen atoms in total. The SMILES string of the molecule is COc1ccc(N(c2cccc(NC(=O)OC(C)(C)C)n2)C(c2cccnc2)c2cccnc2)cn1. The number of rotatable bonds is 7. The third-order valence-electron chi connectivity index (χ3n) is 5.08. The fraction of sp³-hybridized carbons (Fsp3) is 0.222. The zero-order valence-electron chi connectivity index (χ0n) is 20.6. The Bertz CT molecular complexity index is 1240. The lowest BCUT2D eigenvalue weighted by Crippen LogP contribution is -2.28. The smallest absolute Gasteiger partial charge is 0.413 e. The molecular formula is C27H28N6O3. The molecule has 0 fully saturated rings. The summed E-state index contributed by atoms with van der Waals surface area (Å²) in [4.78, 5) is 32.3. The Balaban J connectivity index is 1.82. The topological polar surface area (TPSA) is 102 Å². The molecule has 1 amide bonds. The van der Waals surface area contributed by atoms with Crippen LogP contribution in [-0.2, 0) is 4.74 Å². The Morgan fingerprint density at radius 1 is 0.917 bits per heavy atom. The van der Waals surface area contributed by atoms with Crippen LogP contribution in [0.25, 0.3) is 0 Å². The van der Waals surface area contributed by atoms with Crippen molar-refractivity contribution in [2.24, 2.45) is 0 Å². The highest BCUT2D eigenvalue weighted by atomic mass is 16.6. The number of aromatic nitrogens is 4. The predicted molar refractivity (Wildman–Crippen MR) is 137 cm³/mol. The average Bonchev–Trinajstić information content (AvgIpc) is 2.87. The van der Waals surface area contributed by atoms with Gasteiger partial charge >= 0.3 is 6.09 Å². The van der Waals surface area contributed by atoms with E-state index in [1.807, 2.05) is 59.8 Å². The van der Waals surface area contributed by atoms with Gasteiger partial charge in [-0.2, -0.15) is 0 Å². The van der Waals surface area contributed by atoms with Gasteiger partial charge in [-0.3, -0.25) is 15.3 Å². The number of methoxy groups -OCH3 is 1. The summed E-state index contributed by atoms with van der Waals surface area (Å²) in [6.45, 7) is 5.42. The molecule has 4 aromatic heterocycles. The standard InChI is InChI=1S/C27H28N6O3/c1-27(2,3)36-26(34)32-22-10-5-11-23(31-22)33(21-12-13-24(35-4)30-18-21)25(19-8-6-14-28-16-19)20-9-7-15-29-17-20/h5-18,25H,1-4H3,(H,31,32,34). The second-order valence-electron chi connectivity index (χ2n) is 8.91. The zero-order valence-corrected chi connectivity index (χ0v) is 20.6. The Hall–Kier alpha value is -4.53. The molecule has 0 unspecified atom stereocenters. The largest absolute Gasteiger partial charge is 0.481 e. The summed E-state index contributed by atoms with van der Waals surface area (Å²) in [5, 5.41) is 2.72. The molecule has 0 saturated heterocycles. The first kappa shape index (κ1) is 24.6. The number of carbonyl (C=O) groups is 1. The van der Waals surface area contributed by atoms with E-state index in [2.05, 4.69) is 20.3 Å². The second-order valence-corrected chi connectivity index (χ2v) is 8.91. The van der Waals surface area contributed by atoms with E-state index in [0.29, 0.717) is 17.5 Å². The van der Waals surface area contributed by atoms with Crippen molar-refractivity contribution in [3.05, 3.63) is 96.7 Å². The summed E-state index contributed by atoms with van der Waals surface area (Å²) in [5.41, 5.74) is 1.98. The van der Waals surface area contributed by atoms with Crippen LogP contribution in [0.4, 0.5) is 22.1 Å². The molecule has 0 bridgehead atoms. The molecule has 0 radical (unpaired) electrons. The van der Waals surface area contributed by atoms with E-state index in [9.17, 15) is 4.79 Å². The van der Waals surface area contributed by atoms with Gasteiger partial charge in [0.1, 0.15) is 17.2 Å². The van der Waals surface area contributed by atoms with Crippen LogP contribution in [0, 0.1) is 0 Å². The van der Waals surface area contributed by atoms with Crippen molar-refractivity contribution in [1.29, 1.82) is 0 Å². The quantitative estimate of drug-likeness (QED) is 0.364. The molecule has 4 heterocycles. The van der Waals surface area contributed by atoms with Crippen LogP contribution < -0.4 is 15.0 Å². The van der Waals surface area contributed by atoms with Crippen LogP contribution in [0.5, 0.6) is 5.88 Å². The van der Waals surface area contributed by atoms with Gasteiger partial charge in [-0.05, 0) is 62.2 Å². The highest BCUT2D eigenvalue weighted by Crippen LogP contribution is 2.38. The summed E-state index contributed by atoms with van der Waals surface area (Å²) < 4.78 is 10.7. The van der Waals surface area contributed by atoms with Crippen molar-refractivity contribution in [1.82, 2.24) is 19.9 Å². The highest BCUT2D eigenvalue weighted by Gasteiger charge is 2.27. The van der Waals surface area contributed by atoms with Crippen LogP contribution in [-0.4, -0.2) is 38.7 Å². The van der Waals surface area contributed by atoms with E-state index in [-0.39, 0.29) is 6.04 Å². The maximum atomic E-state index is 12.4. The Morgan fingerprint density at radius 3 is 2.14 bits per heavy atom. The van der Waals surface area contributed by atoms with Gasteiger partial charge in [-0.1, -0.05) is 18.2 Å². The number of amides is 1. The average molecular weight is 485 g/mol. The molecule has 0 atom stereocenters. The van der Waals surface area contributed by atoms with Gasteiger partial charge in [0.2, 0.25) is 5.88 Å². The molecule has 184 valence electrons. The minimum Gasteiger partial charge on any atom is -0.481 e. The fourth-order valence-electron chi connectivity index (χ4n) is 3.65. The summed E-state index contributed by atoms with van der Waals surface area (Å²) in [6, 6.07) is 16.5. The van der Waals surface area contributed by atoms with Crippen molar-refractivity contribution in [2.75, 3.05) is 17.3 Å². The lowest BCUT2D eigenvalue weighted by molar-refractivity contribution is 0.0635. The normalized spacial score (nSPS) is 11.1. The summed E-state index contributed by atoms with van der Waals surface area (Å²) >= 11 is 0. The molecule has 0 aromatic carbocycles. The molecule has 9 heteroatoms. The third kappa shape index (κ3) is 6.12. The number of carbonyl (C=O) groups excluding carboxylic acids is 1. The first-order chi connectivity index (χ1) is 17.3. The Labute approximate surface area is 210 Å². The lowest BCUT2D eigenvalue weighted by atomic mass is 9.99. The maximum Gasteiger partial charge on any atom is 0.413 e. The number of pyridine rings is 4. The van der Waals surface area contributed by atoms with Crippen LogP contribution in [0.1, 0.15) is 37.9 Å². The van der Waals surface area contributed by atoms with Crippen LogP contribution in [0.2, 0.25) is 0 Å². The molecule has 1 N–H and O–H groups in total. The van der Waals surface area contributed by atoms with Crippen LogP contribution in [0.3, 0.4) is 0 Å². The molecule has 0 aliphatic carbocycles. The van der Waals surface area contributed by atoms with E-state index < -0.39 is 11.7 Å². The molecule has 36 heavy (non-hydrogen) atoms. The van der Waals surface area contributed by atoms with Gasteiger partial charge in [-0.15, -0.1) is 0 Å². The molecule has 4 aromatic rings. The van der Waals surface area contributed by atoms with Crippen LogP contribution in [0.15, 0.2) is 85.6 Å². The molecule has 0 aliphatic rings. The molecule has 0 saturated carbocycles. The van der Waals surface area contributed by atoms with E-state index in [0.717, 1.165) is 16.8 Å². The number of hydrogen-bond acceptors (Lipinski definition) is 8. The summed E-state index contributed by atoms with van der Waals surface area (Å²) in [5.74, 6) is 1.42. The molecular weight excluding hydrogens is 456 g/mol. The third-order valence-corrected chi connectivity index (χ3v) is 5.08. The van der Waals surface area contributed by atoms with Crippen molar-refractivity contribution >= 4 is 23.4 Å². The number of anilines is 3. The minimum absolute atomic E-state index is 0.341. The molecule has 0 aliphatic heterocycles. The first-order valence-corrected chi connectivity index (χ1v) is 11.4.